The van der Waals surface area contributed by atoms with Crippen molar-refractivity contribution < 1.29 is 10.2 Å². The van der Waals surface area contributed by atoms with Crippen LogP contribution in [0.4, 0.5) is 0 Å². The Hall–Kier alpha value is -0.500. The number of aliphatic hydroxyl groups excluding tert-OH is 2. The lowest BCUT2D eigenvalue weighted by atomic mass is 9.50. The highest BCUT2D eigenvalue weighted by Gasteiger charge is 2.55. The van der Waals surface area contributed by atoms with Gasteiger partial charge < -0.3 is 10.2 Å². The molecule has 0 heterocycles. The van der Waals surface area contributed by atoms with Crippen LogP contribution in [0.25, 0.3) is 0 Å². The zero-order valence-electron chi connectivity index (χ0n) is 6.91. The molecule has 0 aromatic heterocycles. The van der Waals surface area contributed by atoms with Gasteiger partial charge in [-0.15, -0.1) is 0 Å². The van der Waals surface area contributed by atoms with Gasteiger partial charge in [0.1, 0.15) is 0 Å². The molecule has 3 rings (SSSR count). The molecule has 3 unspecified atom stereocenters. The number of rotatable bonds is 0. The van der Waals surface area contributed by atoms with E-state index in [9.17, 15) is 10.2 Å². The largest absolute Gasteiger partial charge is 0.512 e. The molecule has 2 heteroatoms. The van der Waals surface area contributed by atoms with Crippen molar-refractivity contribution in [1.29, 1.82) is 0 Å². The molecule has 62 valence electrons. The van der Waals surface area contributed by atoms with Gasteiger partial charge in [0.25, 0.3) is 0 Å². The lowest BCUT2D eigenvalue weighted by Crippen LogP contribution is -2.54. The number of fused-ring (bicyclic) bond motifs is 1. The fraction of sp³-hybridized carbons (Fsp3) is 0.778. The van der Waals surface area contributed by atoms with Gasteiger partial charge in [-0.25, -0.2) is 0 Å². The van der Waals surface area contributed by atoms with Crippen molar-refractivity contribution in [3.8, 4) is 0 Å². The molecule has 2 bridgehead atoms. The summed E-state index contributed by atoms with van der Waals surface area (Å²) in [5.74, 6) is 1.06. The van der Waals surface area contributed by atoms with Gasteiger partial charge in [-0.1, -0.05) is 13.8 Å². The van der Waals surface area contributed by atoms with Gasteiger partial charge in [-0.05, 0) is 23.8 Å². The predicted octanol–water partition coefficient (Wildman–Crippen LogP) is 1.47. The molecule has 0 aromatic rings. The third-order valence-corrected chi connectivity index (χ3v) is 3.45. The first-order valence-corrected chi connectivity index (χ1v) is 4.12. The van der Waals surface area contributed by atoms with E-state index in [2.05, 4.69) is 13.8 Å². The minimum absolute atomic E-state index is 0.109. The molecule has 11 heavy (non-hydrogen) atoms. The minimum Gasteiger partial charge on any atom is -0.512 e. The summed E-state index contributed by atoms with van der Waals surface area (Å²) in [4.78, 5) is 0. The Labute approximate surface area is 66.5 Å². The van der Waals surface area contributed by atoms with Crippen molar-refractivity contribution in [2.45, 2.75) is 26.4 Å². The molecule has 0 radical (unpaired) electrons. The van der Waals surface area contributed by atoms with E-state index in [1.54, 1.807) is 6.08 Å². The van der Waals surface area contributed by atoms with E-state index < -0.39 is 6.10 Å². The van der Waals surface area contributed by atoms with E-state index in [-0.39, 0.29) is 5.41 Å². The van der Waals surface area contributed by atoms with Crippen molar-refractivity contribution >= 4 is 0 Å². The number of aliphatic hydroxyl groups is 2. The predicted molar refractivity (Wildman–Crippen MR) is 42.1 cm³/mol. The second kappa shape index (κ2) is 1.81. The van der Waals surface area contributed by atoms with Gasteiger partial charge in [0.15, 0.2) is 0 Å². The third kappa shape index (κ3) is 0.707. The molecule has 2 N–H and O–H groups in total. The molecule has 2 nitrogen and oxygen atoms in total. The average molecular weight is 154 g/mol. The van der Waals surface area contributed by atoms with Crippen molar-refractivity contribution in [2.75, 3.05) is 0 Å². The molecule has 0 spiro atoms. The molecule has 3 aliphatic rings. The minimum atomic E-state index is -0.421. The second-order valence-electron chi connectivity index (χ2n) is 4.30. The number of hydrogen-bond donors (Lipinski definition) is 2. The summed E-state index contributed by atoms with van der Waals surface area (Å²) in [6.45, 7) is 4.22. The standard InChI is InChI=1S/C9H14O2/c1-9(2)5-3-6(9)8(11)4-7(5)10/h4-7,10-11H,3H2,1-2H3. The molecule has 3 atom stereocenters. The van der Waals surface area contributed by atoms with Gasteiger partial charge in [-0.3, -0.25) is 0 Å². The quantitative estimate of drug-likeness (QED) is 0.554. The van der Waals surface area contributed by atoms with Crippen LogP contribution in [-0.2, 0) is 0 Å². The SMILES string of the molecule is CC1(C)C2CC1C(O)C=C2O. The van der Waals surface area contributed by atoms with E-state index in [1.165, 1.54) is 0 Å². The zero-order valence-corrected chi connectivity index (χ0v) is 6.91. The van der Waals surface area contributed by atoms with Crippen LogP contribution in [0.3, 0.4) is 0 Å². The van der Waals surface area contributed by atoms with Gasteiger partial charge in [0, 0.05) is 5.92 Å². The lowest BCUT2D eigenvalue weighted by Gasteiger charge is -2.56. The van der Waals surface area contributed by atoms with E-state index in [0.29, 0.717) is 17.6 Å². The summed E-state index contributed by atoms with van der Waals surface area (Å²) in [7, 11) is 0. The summed E-state index contributed by atoms with van der Waals surface area (Å²) >= 11 is 0. The van der Waals surface area contributed by atoms with Crippen LogP contribution in [-0.4, -0.2) is 16.3 Å². The molecule has 0 aliphatic heterocycles. The van der Waals surface area contributed by atoms with Gasteiger partial charge in [-0.2, -0.15) is 0 Å². The monoisotopic (exact) mass is 154 g/mol. The summed E-state index contributed by atoms with van der Waals surface area (Å²) in [6, 6.07) is 0. The first-order chi connectivity index (χ1) is 5.03. The van der Waals surface area contributed by atoms with E-state index in [4.69, 9.17) is 0 Å². The maximum atomic E-state index is 9.49. The van der Waals surface area contributed by atoms with Crippen LogP contribution in [0.1, 0.15) is 20.3 Å². The maximum absolute atomic E-state index is 9.49. The first-order valence-electron chi connectivity index (χ1n) is 4.12. The fourth-order valence-electron chi connectivity index (χ4n) is 2.45. The van der Waals surface area contributed by atoms with E-state index in [0.717, 1.165) is 6.42 Å². The molecule has 0 aromatic carbocycles. The smallest absolute Gasteiger partial charge is 0.0945 e. The normalized spacial score (nSPS) is 46.1. The molecule has 1 saturated carbocycles. The van der Waals surface area contributed by atoms with Crippen molar-refractivity contribution in [1.82, 2.24) is 0 Å². The van der Waals surface area contributed by atoms with Crippen LogP contribution in [0, 0.1) is 17.3 Å². The first kappa shape index (κ1) is 7.17. The number of allylic oxidation sites excluding steroid dienone is 1. The molecule has 0 saturated heterocycles. The Kier molecular flexibility index (Phi) is 1.18. The second-order valence-corrected chi connectivity index (χ2v) is 4.30. The van der Waals surface area contributed by atoms with Crippen molar-refractivity contribution in [2.24, 2.45) is 17.3 Å². The van der Waals surface area contributed by atoms with Gasteiger partial charge >= 0.3 is 0 Å². The Morgan fingerprint density at radius 3 is 2.55 bits per heavy atom. The van der Waals surface area contributed by atoms with Gasteiger partial charge in [0.05, 0.1) is 11.9 Å². The Morgan fingerprint density at radius 2 is 2.18 bits per heavy atom. The van der Waals surface area contributed by atoms with Crippen LogP contribution in [0.5, 0.6) is 0 Å². The molecule has 1 fully saturated rings. The Morgan fingerprint density at radius 1 is 1.55 bits per heavy atom. The average Bonchev–Trinajstić information content (AvgIpc) is 1.84. The fourth-order valence-corrected chi connectivity index (χ4v) is 2.45. The van der Waals surface area contributed by atoms with E-state index >= 15 is 0 Å². The Bertz CT molecular complexity index is 218. The Balaban J connectivity index is 2.34. The highest BCUT2D eigenvalue weighted by Crippen LogP contribution is 2.58. The van der Waals surface area contributed by atoms with Gasteiger partial charge in [0.2, 0.25) is 0 Å². The maximum Gasteiger partial charge on any atom is 0.0945 e. The molecular formula is C9H14O2. The molecule has 3 aliphatic carbocycles. The highest BCUT2D eigenvalue weighted by atomic mass is 16.3. The number of hydrogen-bond acceptors (Lipinski definition) is 2. The van der Waals surface area contributed by atoms with Crippen molar-refractivity contribution in [3.05, 3.63) is 11.8 Å². The van der Waals surface area contributed by atoms with Crippen LogP contribution < -0.4 is 0 Å². The van der Waals surface area contributed by atoms with Crippen LogP contribution >= 0.6 is 0 Å². The highest BCUT2D eigenvalue weighted by molar-refractivity contribution is 5.21. The van der Waals surface area contributed by atoms with E-state index in [1.807, 2.05) is 0 Å². The summed E-state index contributed by atoms with van der Waals surface area (Å²) < 4.78 is 0. The van der Waals surface area contributed by atoms with Crippen molar-refractivity contribution in [3.63, 3.8) is 0 Å². The summed E-state index contributed by atoms with van der Waals surface area (Å²) in [5, 5.41) is 18.9. The topological polar surface area (TPSA) is 40.5 Å². The molecular weight excluding hydrogens is 140 g/mol. The third-order valence-electron chi connectivity index (χ3n) is 3.45. The van der Waals surface area contributed by atoms with Crippen LogP contribution in [0.2, 0.25) is 0 Å². The molecule has 0 amide bonds. The lowest BCUT2D eigenvalue weighted by molar-refractivity contribution is -0.0945. The summed E-state index contributed by atoms with van der Waals surface area (Å²) in [5.41, 5.74) is 0.109. The zero-order chi connectivity index (χ0) is 8.22. The van der Waals surface area contributed by atoms with Crippen LogP contribution in [0.15, 0.2) is 11.8 Å². The summed E-state index contributed by atoms with van der Waals surface area (Å²) in [6.07, 6.45) is 2.12.